The Morgan fingerprint density at radius 3 is 2.85 bits per heavy atom. The molecule has 4 heterocycles. The second kappa shape index (κ2) is 7.70. The van der Waals surface area contributed by atoms with Crippen LogP contribution in [0.4, 0.5) is 10.2 Å². The van der Waals surface area contributed by atoms with Crippen LogP contribution in [0, 0.1) is 11.7 Å². The molecule has 0 aliphatic carbocycles. The fourth-order valence-corrected chi connectivity index (χ4v) is 5.32. The monoisotopic (exact) mass is 458 g/mol. The Morgan fingerprint density at radius 1 is 1.18 bits per heavy atom. The number of nitrogens with two attached hydrogens (primary N) is 1. The zero-order valence-corrected chi connectivity index (χ0v) is 18.7. The SMILES string of the molecule is C[C@@H]1CC[C@@H](c2ccc3c(c2)=CC(=O)N=3)N(C(=O)c2cc3c4c(c(N)nc3cc2F)COC4)C1. The van der Waals surface area contributed by atoms with Crippen molar-refractivity contribution in [1.29, 1.82) is 0 Å². The van der Waals surface area contributed by atoms with Crippen LogP contribution in [0.1, 0.15) is 52.9 Å². The Bertz CT molecular complexity index is 1520. The molecule has 3 aromatic rings. The van der Waals surface area contributed by atoms with Crippen LogP contribution in [0.3, 0.4) is 0 Å². The molecule has 2 aromatic carbocycles. The minimum atomic E-state index is -0.619. The van der Waals surface area contributed by atoms with Gasteiger partial charge in [0.2, 0.25) is 0 Å². The normalized spacial score (nSPS) is 21.2. The minimum Gasteiger partial charge on any atom is -0.383 e. The van der Waals surface area contributed by atoms with E-state index in [0.29, 0.717) is 47.8 Å². The molecular weight excluding hydrogens is 435 g/mol. The Hall–Kier alpha value is -3.65. The molecule has 1 fully saturated rings. The van der Waals surface area contributed by atoms with Crippen molar-refractivity contribution in [1.82, 2.24) is 9.88 Å². The van der Waals surface area contributed by atoms with Gasteiger partial charge in [0.1, 0.15) is 11.6 Å². The van der Waals surface area contributed by atoms with Gasteiger partial charge in [0.15, 0.2) is 0 Å². The Balaban J connectivity index is 1.43. The van der Waals surface area contributed by atoms with Gasteiger partial charge in [0.25, 0.3) is 11.8 Å². The Morgan fingerprint density at radius 2 is 2.00 bits per heavy atom. The molecule has 2 amide bonds. The first-order valence-electron chi connectivity index (χ1n) is 11.4. The number of fused-ring (bicyclic) bond motifs is 4. The molecule has 2 atom stereocenters. The summed E-state index contributed by atoms with van der Waals surface area (Å²) in [6.45, 7) is 3.33. The van der Waals surface area contributed by atoms with Crippen molar-refractivity contribution in [2.24, 2.45) is 10.9 Å². The molecule has 6 rings (SSSR count). The van der Waals surface area contributed by atoms with Gasteiger partial charge in [-0.3, -0.25) is 9.59 Å². The second-order valence-electron chi connectivity index (χ2n) is 9.36. The van der Waals surface area contributed by atoms with Crippen LogP contribution in [-0.4, -0.2) is 28.2 Å². The number of amides is 2. The molecule has 0 radical (unpaired) electrons. The number of aromatic nitrogens is 1. The number of benzene rings is 2. The van der Waals surface area contributed by atoms with Gasteiger partial charge in [-0.05, 0) is 48.1 Å². The average Bonchev–Trinajstić information content (AvgIpc) is 3.44. The molecule has 2 N–H and O–H groups in total. The summed E-state index contributed by atoms with van der Waals surface area (Å²) in [5.74, 6) is -0.624. The minimum absolute atomic E-state index is 0.0187. The van der Waals surface area contributed by atoms with Crippen molar-refractivity contribution in [2.75, 3.05) is 12.3 Å². The fraction of sp³-hybridized carbons (Fsp3) is 0.308. The highest BCUT2D eigenvalue weighted by molar-refractivity contribution is 6.06. The van der Waals surface area contributed by atoms with Gasteiger partial charge in [0.05, 0.1) is 35.7 Å². The highest BCUT2D eigenvalue weighted by Gasteiger charge is 2.33. The highest BCUT2D eigenvalue weighted by atomic mass is 19.1. The molecule has 8 heteroatoms. The standard InChI is InChI=1S/C26H23FN4O3/c1-13-2-5-23(14-3-4-21-15(6-14)7-24(32)29-21)31(10-13)26(33)17-8-16-18-11-34-12-19(18)25(28)30-22(16)9-20(17)27/h3-4,6-9,13,23H,2,5,10-12H2,1H3,(H2,28,30)/t13-,23+/m1/s1. The lowest BCUT2D eigenvalue weighted by molar-refractivity contribution is -0.112. The number of hydrogen-bond acceptors (Lipinski definition) is 5. The van der Waals surface area contributed by atoms with Crippen LogP contribution in [-0.2, 0) is 22.7 Å². The molecular formula is C26H23FN4O3. The summed E-state index contributed by atoms with van der Waals surface area (Å²) < 4.78 is 20.8. The number of carbonyl (C=O) groups excluding carboxylic acids is 2. The second-order valence-corrected chi connectivity index (χ2v) is 9.36. The number of nitrogen functional groups attached to an aromatic ring is 1. The van der Waals surface area contributed by atoms with Gasteiger partial charge in [-0.25, -0.2) is 14.4 Å². The van der Waals surface area contributed by atoms with E-state index in [9.17, 15) is 9.59 Å². The number of ether oxygens (including phenoxy) is 1. The lowest BCUT2D eigenvalue weighted by Crippen LogP contribution is -2.42. The van der Waals surface area contributed by atoms with E-state index in [-0.39, 0.29) is 23.4 Å². The van der Waals surface area contributed by atoms with E-state index in [4.69, 9.17) is 10.5 Å². The molecule has 1 saturated heterocycles. The predicted molar refractivity (Wildman–Crippen MR) is 123 cm³/mol. The summed E-state index contributed by atoms with van der Waals surface area (Å²) in [5, 5.41) is 2.09. The third-order valence-electron chi connectivity index (χ3n) is 7.07. The van der Waals surface area contributed by atoms with E-state index in [2.05, 4.69) is 16.9 Å². The maximum atomic E-state index is 15.2. The summed E-state index contributed by atoms with van der Waals surface area (Å²) in [4.78, 5) is 35.5. The zero-order valence-electron chi connectivity index (χ0n) is 18.7. The number of nitrogens with zero attached hydrogens (tertiary/aromatic N) is 3. The van der Waals surface area contributed by atoms with E-state index in [1.165, 1.54) is 12.1 Å². The van der Waals surface area contributed by atoms with Crippen molar-refractivity contribution in [3.63, 3.8) is 0 Å². The van der Waals surface area contributed by atoms with Gasteiger partial charge >= 0.3 is 0 Å². The van der Waals surface area contributed by atoms with E-state index in [0.717, 1.165) is 34.8 Å². The molecule has 0 unspecified atom stereocenters. The number of anilines is 1. The van der Waals surface area contributed by atoms with Gasteiger partial charge in [-0.15, -0.1) is 0 Å². The topological polar surface area (TPSA) is 97.9 Å². The van der Waals surface area contributed by atoms with Crippen molar-refractivity contribution >= 4 is 34.6 Å². The summed E-state index contributed by atoms with van der Waals surface area (Å²) >= 11 is 0. The van der Waals surface area contributed by atoms with Crippen LogP contribution >= 0.6 is 0 Å². The summed E-state index contributed by atoms with van der Waals surface area (Å²) in [6, 6.07) is 8.30. The van der Waals surface area contributed by atoms with Crippen LogP contribution in [0.15, 0.2) is 35.3 Å². The van der Waals surface area contributed by atoms with E-state index in [1.54, 1.807) is 11.0 Å². The lowest BCUT2D eigenvalue weighted by Gasteiger charge is -2.39. The molecule has 3 aliphatic heterocycles. The van der Waals surface area contributed by atoms with Crippen molar-refractivity contribution in [3.05, 3.63) is 69.0 Å². The van der Waals surface area contributed by atoms with E-state index in [1.807, 2.05) is 18.2 Å². The van der Waals surface area contributed by atoms with Gasteiger partial charge < -0.3 is 15.4 Å². The molecule has 0 bridgehead atoms. The van der Waals surface area contributed by atoms with Crippen molar-refractivity contribution < 1.29 is 18.7 Å². The largest absolute Gasteiger partial charge is 0.383 e. The first kappa shape index (κ1) is 20.9. The molecule has 0 saturated carbocycles. The summed E-state index contributed by atoms with van der Waals surface area (Å²) in [6.07, 6.45) is 3.21. The van der Waals surface area contributed by atoms with Crippen LogP contribution in [0.25, 0.3) is 17.0 Å². The molecule has 3 aliphatic rings. The van der Waals surface area contributed by atoms with Crippen LogP contribution in [0.2, 0.25) is 0 Å². The third kappa shape index (κ3) is 3.28. The van der Waals surface area contributed by atoms with Gasteiger partial charge in [-0.2, -0.15) is 0 Å². The van der Waals surface area contributed by atoms with Gasteiger partial charge in [0, 0.05) is 34.9 Å². The molecule has 172 valence electrons. The first-order chi connectivity index (χ1) is 16.4. The van der Waals surface area contributed by atoms with Crippen molar-refractivity contribution in [2.45, 2.75) is 39.0 Å². The fourth-order valence-electron chi connectivity index (χ4n) is 5.32. The van der Waals surface area contributed by atoms with Gasteiger partial charge in [-0.1, -0.05) is 13.0 Å². The maximum Gasteiger partial charge on any atom is 0.270 e. The first-order valence-corrected chi connectivity index (χ1v) is 11.4. The molecule has 7 nitrogen and oxygen atoms in total. The van der Waals surface area contributed by atoms with Crippen molar-refractivity contribution in [3.8, 4) is 0 Å². The number of piperidine rings is 1. The number of likely N-dealkylation sites (tertiary alicyclic amines) is 1. The molecule has 0 spiro atoms. The van der Waals surface area contributed by atoms with E-state index < -0.39 is 5.82 Å². The number of carbonyl (C=O) groups is 2. The number of rotatable bonds is 2. The Kier molecular flexibility index (Phi) is 4.74. The average molecular weight is 458 g/mol. The number of pyridine rings is 1. The number of hydrogen-bond donors (Lipinski definition) is 1. The molecule has 34 heavy (non-hydrogen) atoms. The summed E-state index contributed by atoms with van der Waals surface area (Å²) in [5.41, 5.74) is 9.05. The maximum absolute atomic E-state index is 15.2. The predicted octanol–water partition coefficient (Wildman–Crippen LogP) is 2.54. The summed E-state index contributed by atoms with van der Waals surface area (Å²) in [7, 11) is 0. The number of halogens is 1. The smallest absolute Gasteiger partial charge is 0.270 e. The van der Waals surface area contributed by atoms with Crippen LogP contribution in [0.5, 0.6) is 0 Å². The van der Waals surface area contributed by atoms with E-state index >= 15 is 4.39 Å². The quantitative estimate of drug-likeness (QED) is 0.637. The zero-order chi connectivity index (χ0) is 23.6. The lowest BCUT2D eigenvalue weighted by atomic mass is 9.89. The highest BCUT2D eigenvalue weighted by Crippen LogP contribution is 2.36. The van der Waals surface area contributed by atoms with Crippen LogP contribution < -0.4 is 16.3 Å². The Labute approximate surface area is 194 Å². The third-order valence-corrected chi connectivity index (χ3v) is 7.07. The molecule has 1 aromatic heterocycles.